The minimum absolute atomic E-state index is 0.0324. The third-order valence-electron chi connectivity index (χ3n) is 1.62. The number of ether oxygens (including phenoxy) is 2. The first-order valence-electron chi connectivity index (χ1n) is 5.90. The van der Waals surface area contributed by atoms with Crippen LogP contribution in [-0.4, -0.2) is 42.0 Å². The first-order chi connectivity index (χ1) is 9.20. The lowest BCUT2D eigenvalue weighted by molar-refractivity contribution is -0.151. The SMILES string of the molecule is C=C(C)C(=O)OCCOC(=O)CC(C)=O.CCC(=O)O. The van der Waals surface area contributed by atoms with Gasteiger partial charge in [-0.1, -0.05) is 13.5 Å². The Morgan fingerprint density at radius 2 is 1.50 bits per heavy atom. The van der Waals surface area contributed by atoms with Gasteiger partial charge in [0.1, 0.15) is 25.4 Å². The Morgan fingerprint density at radius 3 is 1.85 bits per heavy atom. The van der Waals surface area contributed by atoms with Crippen molar-refractivity contribution in [3.8, 4) is 0 Å². The van der Waals surface area contributed by atoms with Crippen molar-refractivity contribution in [2.24, 2.45) is 0 Å². The molecule has 0 aromatic carbocycles. The molecule has 0 radical (unpaired) electrons. The van der Waals surface area contributed by atoms with E-state index >= 15 is 0 Å². The van der Waals surface area contributed by atoms with Crippen LogP contribution in [0.4, 0.5) is 0 Å². The average Bonchev–Trinajstić information content (AvgIpc) is 2.33. The van der Waals surface area contributed by atoms with Crippen molar-refractivity contribution in [1.29, 1.82) is 0 Å². The van der Waals surface area contributed by atoms with Gasteiger partial charge >= 0.3 is 17.9 Å². The van der Waals surface area contributed by atoms with Crippen LogP contribution in [-0.2, 0) is 28.7 Å². The minimum atomic E-state index is -0.745. The maximum absolute atomic E-state index is 10.8. The van der Waals surface area contributed by atoms with E-state index < -0.39 is 17.9 Å². The predicted molar refractivity (Wildman–Crippen MR) is 70.0 cm³/mol. The van der Waals surface area contributed by atoms with Gasteiger partial charge in [0.25, 0.3) is 0 Å². The molecule has 0 aliphatic rings. The third-order valence-corrected chi connectivity index (χ3v) is 1.62. The van der Waals surface area contributed by atoms with E-state index in [1.807, 2.05) is 0 Å². The number of carbonyl (C=O) groups is 4. The first kappa shape index (κ1) is 20.1. The molecule has 0 fully saturated rings. The normalized spacial score (nSPS) is 8.75. The fraction of sp³-hybridized carbons (Fsp3) is 0.538. The molecule has 0 saturated heterocycles. The fourth-order valence-electron chi connectivity index (χ4n) is 0.667. The summed E-state index contributed by atoms with van der Waals surface area (Å²) in [6, 6.07) is 0. The van der Waals surface area contributed by atoms with Gasteiger partial charge in [0, 0.05) is 12.0 Å². The quantitative estimate of drug-likeness (QED) is 0.323. The summed E-state index contributed by atoms with van der Waals surface area (Å²) in [6.45, 7) is 7.71. The Labute approximate surface area is 117 Å². The second kappa shape index (κ2) is 11.9. The van der Waals surface area contributed by atoms with Crippen molar-refractivity contribution in [2.45, 2.75) is 33.6 Å². The summed E-state index contributed by atoms with van der Waals surface area (Å²) in [5.74, 6) is -2.16. The van der Waals surface area contributed by atoms with E-state index in [0.29, 0.717) is 0 Å². The second-order valence-electron chi connectivity index (χ2n) is 3.76. The first-order valence-corrected chi connectivity index (χ1v) is 5.90. The van der Waals surface area contributed by atoms with Gasteiger partial charge < -0.3 is 14.6 Å². The third kappa shape index (κ3) is 15.8. The van der Waals surface area contributed by atoms with E-state index in [0.717, 1.165) is 0 Å². The molecular weight excluding hydrogens is 268 g/mol. The molecule has 0 amide bonds. The largest absolute Gasteiger partial charge is 0.481 e. The highest BCUT2D eigenvalue weighted by atomic mass is 16.6. The lowest BCUT2D eigenvalue weighted by atomic mass is 10.3. The summed E-state index contributed by atoms with van der Waals surface area (Å²) < 4.78 is 9.27. The van der Waals surface area contributed by atoms with E-state index in [2.05, 4.69) is 16.1 Å². The summed E-state index contributed by atoms with van der Waals surface area (Å²) >= 11 is 0. The zero-order valence-corrected chi connectivity index (χ0v) is 11.9. The fourth-order valence-corrected chi connectivity index (χ4v) is 0.667. The number of ketones is 1. The molecule has 20 heavy (non-hydrogen) atoms. The molecular formula is C13H20O7. The van der Waals surface area contributed by atoms with Gasteiger partial charge in [-0.05, 0) is 13.8 Å². The summed E-state index contributed by atoms with van der Waals surface area (Å²) in [5, 5.41) is 7.72. The Morgan fingerprint density at radius 1 is 1.05 bits per heavy atom. The number of aliphatic carboxylic acids is 1. The van der Waals surface area contributed by atoms with Crippen molar-refractivity contribution < 1.29 is 33.8 Å². The van der Waals surface area contributed by atoms with Crippen molar-refractivity contribution in [2.75, 3.05) is 13.2 Å². The molecule has 0 aliphatic heterocycles. The highest BCUT2D eigenvalue weighted by molar-refractivity contribution is 5.94. The van der Waals surface area contributed by atoms with Gasteiger partial charge in [-0.3, -0.25) is 14.4 Å². The van der Waals surface area contributed by atoms with Crippen LogP contribution in [0.15, 0.2) is 12.2 Å². The van der Waals surface area contributed by atoms with Crippen LogP contribution in [0.3, 0.4) is 0 Å². The molecule has 0 bridgehead atoms. The zero-order chi connectivity index (χ0) is 16.1. The van der Waals surface area contributed by atoms with Crippen molar-refractivity contribution in [1.82, 2.24) is 0 Å². The van der Waals surface area contributed by atoms with E-state index in [1.54, 1.807) is 6.92 Å². The molecule has 0 aromatic heterocycles. The standard InChI is InChI=1S/C10H14O5.C3H6O2/c1-7(2)10(13)15-5-4-14-9(12)6-8(3)11;1-2-3(4)5/h1,4-6H2,2-3H3;2H2,1H3,(H,4,5). The molecule has 0 saturated carbocycles. The number of hydrogen-bond acceptors (Lipinski definition) is 6. The summed E-state index contributed by atoms with van der Waals surface area (Å²) in [6.07, 6.45) is -0.0333. The Hall–Kier alpha value is -2.18. The molecule has 1 N–H and O–H groups in total. The van der Waals surface area contributed by atoms with Crippen molar-refractivity contribution in [3.05, 3.63) is 12.2 Å². The average molecular weight is 288 g/mol. The molecule has 0 spiro atoms. The van der Waals surface area contributed by atoms with Gasteiger partial charge in [0.15, 0.2) is 0 Å². The Balaban J connectivity index is 0. The van der Waals surface area contributed by atoms with E-state index in [1.165, 1.54) is 13.8 Å². The molecule has 0 atom stereocenters. The van der Waals surface area contributed by atoms with Crippen LogP contribution >= 0.6 is 0 Å². The monoisotopic (exact) mass is 288 g/mol. The predicted octanol–water partition coefficient (Wildman–Crippen LogP) is 1.11. The number of carbonyl (C=O) groups excluding carboxylic acids is 3. The van der Waals surface area contributed by atoms with Crippen LogP contribution in [0.1, 0.15) is 33.6 Å². The molecule has 0 rings (SSSR count). The van der Waals surface area contributed by atoms with Crippen molar-refractivity contribution >= 4 is 23.7 Å². The van der Waals surface area contributed by atoms with E-state index in [9.17, 15) is 19.2 Å². The topological polar surface area (TPSA) is 107 Å². The van der Waals surface area contributed by atoms with Gasteiger partial charge in [-0.15, -0.1) is 0 Å². The number of esters is 2. The van der Waals surface area contributed by atoms with Crippen LogP contribution in [0, 0.1) is 0 Å². The highest BCUT2D eigenvalue weighted by Gasteiger charge is 2.07. The minimum Gasteiger partial charge on any atom is -0.481 e. The van der Waals surface area contributed by atoms with Crippen LogP contribution in [0.25, 0.3) is 0 Å². The zero-order valence-electron chi connectivity index (χ0n) is 11.9. The molecule has 0 aromatic rings. The lowest BCUT2D eigenvalue weighted by Gasteiger charge is -2.05. The van der Waals surface area contributed by atoms with E-state index in [-0.39, 0.29) is 37.4 Å². The van der Waals surface area contributed by atoms with Crippen LogP contribution < -0.4 is 0 Å². The van der Waals surface area contributed by atoms with Gasteiger partial charge in [-0.2, -0.15) is 0 Å². The van der Waals surface area contributed by atoms with E-state index in [4.69, 9.17) is 5.11 Å². The number of carboxylic acids is 1. The Kier molecular flexibility index (Phi) is 12.0. The number of hydrogen-bond donors (Lipinski definition) is 1. The molecule has 114 valence electrons. The highest BCUT2D eigenvalue weighted by Crippen LogP contribution is 1.93. The maximum atomic E-state index is 10.8. The summed E-state index contributed by atoms with van der Waals surface area (Å²) in [5.41, 5.74) is 0.282. The number of carboxylic acid groups (broad SMARTS) is 1. The lowest BCUT2D eigenvalue weighted by Crippen LogP contribution is -2.15. The molecule has 0 heterocycles. The second-order valence-corrected chi connectivity index (χ2v) is 3.76. The Bertz CT molecular complexity index is 371. The van der Waals surface area contributed by atoms with Crippen molar-refractivity contribution in [3.63, 3.8) is 0 Å². The smallest absolute Gasteiger partial charge is 0.333 e. The van der Waals surface area contributed by atoms with Gasteiger partial charge in [0.2, 0.25) is 0 Å². The molecule has 0 unspecified atom stereocenters. The number of rotatable bonds is 7. The van der Waals surface area contributed by atoms with Crippen LogP contribution in [0.5, 0.6) is 0 Å². The van der Waals surface area contributed by atoms with Gasteiger partial charge in [-0.25, -0.2) is 4.79 Å². The van der Waals surface area contributed by atoms with Crippen LogP contribution in [0.2, 0.25) is 0 Å². The summed E-state index contributed by atoms with van der Waals surface area (Å²) in [4.78, 5) is 41.5. The summed E-state index contributed by atoms with van der Waals surface area (Å²) in [7, 11) is 0. The van der Waals surface area contributed by atoms with Gasteiger partial charge in [0.05, 0.1) is 0 Å². The number of Topliss-reactive ketones (excluding diaryl/α,β-unsaturated/α-hetero) is 1. The molecule has 7 heteroatoms. The molecule has 0 aliphatic carbocycles. The maximum Gasteiger partial charge on any atom is 0.333 e. The molecule has 7 nitrogen and oxygen atoms in total.